The van der Waals surface area contributed by atoms with E-state index in [9.17, 15) is 0 Å². The molecule has 0 unspecified atom stereocenters. The van der Waals surface area contributed by atoms with Crippen LogP contribution in [0.25, 0.3) is 110 Å². The molecule has 0 radical (unpaired) electrons. The average Bonchev–Trinajstić information content (AvgIpc) is 2.48. The fraction of sp³-hybridized carbons (Fsp3) is 0.0263. The van der Waals surface area contributed by atoms with Crippen LogP contribution in [0.4, 0.5) is 34.1 Å². The molecule has 0 bridgehead atoms. The van der Waals surface area contributed by atoms with Gasteiger partial charge in [-0.1, -0.05) is 218 Å². The van der Waals surface area contributed by atoms with Gasteiger partial charge in [0.25, 0.3) is 0 Å². The average molecular weight is 1010 g/mol. The van der Waals surface area contributed by atoms with Gasteiger partial charge < -0.3 is 14.2 Å². The van der Waals surface area contributed by atoms with Gasteiger partial charge in [-0.15, -0.1) is 0 Å². The van der Waals surface area contributed by atoms with Gasteiger partial charge in [0.05, 0.1) is 5.69 Å². The van der Waals surface area contributed by atoms with Crippen molar-refractivity contribution >= 4 is 77.6 Å². The standard InChI is InChI=1S/C76H52N2O/c1-49-25-18-21-39-64(49)77(55-35-16-7-17-36-55)56-43-45-59-62(47-56)70(53-31-12-5-13-32-53)74-72(68(59)51-27-8-3-9-28-51)73-69(52-29-10-4-11-30-52)60-46-44-57(48-63(60)71(75(73)74)54-33-14-6-15-34-54)78(65-40-22-19-26-50(65)2)66-41-24-38-61-58-37-20-23-42-67(58)79-76(61)66/h3-48H,1-2H3. The Kier molecular flexibility index (Phi) is 11.0. The topological polar surface area (TPSA) is 19.6 Å². The highest BCUT2D eigenvalue weighted by Crippen LogP contribution is 2.66. The SMILES string of the molecule is Cc1ccccc1N(c1ccccc1)c1ccc2c(-c3ccccc3)c3c(c(-c4ccccc4)c2c1)-c1c-3c(-c2ccccc2)c2ccc(N(c3ccccc3C)c3cccc4c3oc3ccccc34)cc2c1-c1ccccc1. The fourth-order valence-corrected chi connectivity index (χ4v) is 12.7. The smallest absolute Gasteiger partial charge is 0.159 e. The number of para-hydroxylation sites is 5. The molecule has 1 aromatic heterocycles. The van der Waals surface area contributed by atoms with Gasteiger partial charge in [0, 0.05) is 39.2 Å². The van der Waals surface area contributed by atoms with E-state index >= 15 is 0 Å². The second-order valence-corrected chi connectivity index (χ2v) is 20.8. The van der Waals surface area contributed by atoms with E-state index in [0.29, 0.717) is 0 Å². The molecule has 0 N–H and O–H groups in total. The molecule has 3 heteroatoms. The normalized spacial score (nSPS) is 11.7. The summed E-state index contributed by atoms with van der Waals surface area (Å²) in [4.78, 5) is 4.83. The summed E-state index contributed by atoms with van der Waals surface area (Å²) in [5.41, 5.74) is 25.2. The van der Waals surface area contributed by atoms with E-state index < -0.39 is 0 Å². The predicted octanol–water partition coefficient (Wildman–Crippen LogP) is 21.8. The molecule has 1 heterocycles. The van der Waals surface area contributed by atoms with Crippen molar-refractivity contribution in [3.05, 3.63) is 290 Å². The van der Waals surface area contributed by atoms with E-state index in [1.807, 2.05) is 0 Å². The molecule has 0 amide bonds. The highest BCUT2D eigenvalue weighted by Gasteiger charge is 2.39. The lowest BCUT2D eigenvalue weighted by Crippen LogP contribution is -2.13. The number of fused-ring (bicyclic) bond motifs is 9. The third kappa shape index (κ3) is 7.42. The summed E-state index contributed by atoms with van der Waals surface area (Å²) in [7, 11) is 0. The van der Waals surface area contributed by atoms with Gasteiger partial charge in [-0.25, -0.2) is 0 Å². The Hall–Kier alpha value is -10.2. The molecule has 79 heavy (non-hydrogen) atoms. The molecule has 0 atom stereocenters. The molecule has 13 aromatic carbocycles. The fourth-order valence-electron chi connectivity index (χ4n) is 12.7. The Bertz CT molecular complexity index is 4660. The van der Waals surface area contributed by atoms with Crippen molar-refractivity contribution in [2.75, 3.05) is 9.80 Å². The second kappa shape index (κ2) is 18.8. The zero-order valence-corrected chi connectivity index (χ0v) is 43.9. The largest absolute Gasteiger partial charge is 0.454 e. The summed E-state index contributed by atoms with van der Waals surface area (Å²) in [5.74, 6) is 0. The highest BCUT2D eigenvalue weighted by molar-refractivity contribution is 6.33. The number of hydrogen-bond acceptors (Lipinski definition) is 3. The molecule has 0 saturated heterocycles. The molecule has 1 aliphatic rings. The Morgan fingerprint density at radius 2 is 0.608 bits per heavy atom. The minimum absolute atomic E-state index is 0.854. The monoisotopic (exact) mass is 1010 g/mol. The predicted molar refractivity (Wildman–Crippen MR) is 334 cm³/mol. The number of benzene rings is 13. The first kappa shape index (κ1) is 46.1. The Morgan fingerprint density at radius 3 is 1.09 bits per heavy atom. The molecule has 0 fully saturated rings. The second-order valence-electron chi connectivity index (χ2n) is 20.8. The van der Waals surface area contributed by atoms with E-state index in [0.717, 1.165) is 67.2 Å². The van der Waals surface area contributed by atoms with E-state index in [-0.39, 0.29) is 0 Å². The lowest BCUT2D eigenvalue weighted by molar-refractivity contribution is 0.669. The van der Waals surface area contributed by atoms with Crippen molar-refractivity contribution in [3.8, 4) is 66.8 Å². The van der Waals surface area contributed by atoms with Gasteiger partial charge >= 0.3 is 0 Å². The van der Waals surface area contributed by atoms with Gasteiger partial charge in [0.1, 0.15) is 5.58 Å². The lowest BCUT2D eigenvalue weighted by atomic mass is 9.65. The van der Waals surface area contributed by atoms with Crippen LogP contribution in [0.15, 0.2) is 283 Å². The van der Waals surface area contributed by atoms with Crippen molar-refractivity contribution in [2.24, 2.45) is 0 Å². The molecule has 372 valence electrons. The van der Waals surface area contributed by atoms with Crippen LogP contribution in [0, 0.1) is 13.8 Å². The summed E-state index contributed by atoms with van der Waals surface area (Å²) in [6.45, 7) is 4.41. The van der Waals surface area contributed by atoms with Crippen LogP contribution < -0.4 is 9.80 Å². The van der Waals surface area contributed by atoms with Crippen LogP contribution in [0.3, 0.4) is 0 Å². The summed E-state index contributed by atoms with van der Waals surface area (Å²) >= 11 is 0. The summed E-state index contributed by atoms with van der Waals surface area (Å²) in [5, 5.41) is 6.96. The maximum absolute atomic E-state index is 6.86. The number of furan rings is 1. The molecule has 0 aliphatic heterocycles. The van der Waals surface area contributed by atoms with E-state index in [1.54, 1.807) is 0 Å². The van der Waals surface area contributed by atoms with Crippen LogP contribution in [-0.2, 0) is 0 Å². The molecule has 3 nitrogen and oxygen atoms in total. The molecule has 0 saturated carbocycles. The van der Waals surface area contributed by atoms with E-state index in [2.05, 4.69) is 303 Å². The Morgan fingerprint density at radius 1 is 0.241 bits per heavy atom. The summed E-state index contributed by atoms with van der Waals surface area (Å²) < 4.78 is 6.86. The lowest BCUT2D eigenvalue weighted by Gasteiger charge is -2.38. The molecule has 0 spiro atoms. The first-order chi connectivity index (χ1) is 39.1. The third-order valence-electron chi connectivity index (χ3n) is 16.2. The minimum atomic E-state index is 0.854. The zero-order valence-electron chi connectivity index (χ0n) is 43.9. The maximum atomic E-state index is 6.86. The Balaban J connectivity index is 1.10. The number of rotatable bonds is 10. The minimum Gasteiger partial charge on any atom is -0.454 e. The molecular formula is C76H52N2O. The Labute approximate surface area is 460 Å². The van der Waals surface area contributed by atoms with E-state index in [4.69, 9.17) is 4.42 Å². The van der Waals surface area contributed by atoms with Gasteiger partial charge in [0.2, 0.25) is 0 Å². The highest BCUT2D eigenvalue weighted by atomic mass is 16.3. The van der Waals surface area contributed by atoms with Crippen LogP contribution in [0.1, 0.15) is 11.1 Å². The zero-order chi connectivity index (χ0) is 52.6. The quantitative estimate of drug-likeness (QED) is 0.136. The van der Waals surface area contributed by atoms with Crippen molar-refractivity contribution in [1.82, 2.24) is 0 Å². The number of hydrogen-bond donors (Lipinski definition) is 0. The van der Waals surface area contributed by atoms with Crippen molar-refractivity contribution in [3.63, 3.8) is 0 Å². The first-order valence-electron chi connectivity index (χ1n) is 27.3. The summed E-state index contributed by atoms with van der Waals surface area (Å²) in [6, 6.07) is 102. The molecule has 1 aliphatic carbocycles. The van der Waals surface area contributed by atoms with Gasteiger partial charge in [-0.3, -0.25) is 0 Å². The van der Waals surface area contributed by atoms with Crippen LogP contribution in [0.2, 0.25) is 0 Å². The van der Waals surface area contributed by atoms with Gasteiger partial charge in [0.15, 0.2) is 5.58 Å². The summed E-state index contributed by atoms with van der Waals surface area (Å²) in [6.07, 6.45) is 0. The molecule has 14 aromatic rings. The number of aryl methyl sites for hydroxylation is 2. The van der Waals surface area contributed by atoms with Gasteiger partial charge in [-0.05, 0) is 174 Å². The van der Waals surface area contributed by atoms with Crippen molar-refractivity contribution in [1.29, 1.82) is 0 Å². The number of anilines is 6. The third-order valence-corrected chi connectivity index (χ3v) is 16.2. The molecular weight excluding hydrogens is 957 g/mol. The van der Waals surface area contributed by atoms with Crippen LogP contribution in [0.5, 0.6) is 0 Å². The van der Waals surface area contributed by atoms with Crippen LogP contribution >= 0.6 is 0 Å². The molecule has 15 rings (SSSR count). The van der Waals surface area contributed by atoms with E-state index in [1.165, 1.54) is 88.3 Å². The van der Waals surface area contributed by atoms with Crippen LogP contribution in [-0.4, -0.2) is 0 Å². The first-order valence-corrected chi connectivity index (χ1v) is 27.3. The van der Waals surface area contributed by atoms with Crippen molar-refractivity contribution in [2.45, 2.75) is 13.8 Å². The maximum Gasteiger partial charge on any atom is 0.159 e. The van der Waals surface area contributed by atoms with Crippen molar-refractivity contribution < 1.29 is 4.42 Å². The van der Waals surface area contributed by atoms with Gasteiger partial charge in [-0.2, -0.15) is 0 Å². The number of nitrogens with zero attached hydrogens (tertiary/aromatic N) is 2.